The lowest BCUT2D eigenvalue weighted by atomic mass is 9.89. The zero-order chi connectivity index (χ0) is 18.7. The van der Waals surface area contributed by atoms with Crippen LogP contribution in [0.4, 0.5) is 0 Å². The van der Waals surface area contributed by atoms with Crippen molar-refractivity contribution in [3.8, 4) is 5.75 Å². The molecule has 0 aliphatic carbocycles. The van der Waals surface area contributed by atoms with Crippen LogP contribution in [0.15, 0.2) is 18.3 Å². The second kappa shape index (κ2) is 8.41. The first kappa shape index (κ1) is 19.2. The molecule has 8 heteroatoms. The molecule has 0 saturated carbocycles. The molecule has 1 unspecified atom stereocenters. The van der Waals surface area contributed by atoms with E-state index in [4.69, 9.17) is 22.1 Å². The van der Waals surface area contributed by atoms with E-state index in [1.807, 2.05) is 23.5 Å². The maximum absolute atomic E-state index is 12.0. The van der Waals surface area contributed by atoms with Crippen LogP contribution in [-0.2, 0) is 11.0 Å². The van der Waals surface area contributed by atoms with Gasteiger partial charge in [0.15, 0.2) is 0 Å². The molecule has 1 fully saturated rings. The first-order chi connectivity index (χ1) is 12.5. The van der Waals surface area contributed by atoms with Crippen molar-refractivity contribution in [2.45, 2.75) is 25.7 Å². The van der Waals surface area contributed by atoms with E-state index >= 15 is 0 Å². The number of hydrogen-bond acceptors (Lipinski definition) is 3. The van der Waals surface area contributed by atoms with Crippen LogP contribution >= 0.6 is 11.6 Å². The van der Waals surface area contributed by atoms with Crippen molar-refractivity contribution < 1.29 is 13.7 Å². The van der Waals surface area contributed by atoms with Crippen molar-refractivity contribution in [3.05, 3.63) is 29.5 Å². The summed E-state index contributed by atoms with van der Waals surface area (Å²) >= 11 is 5.70. The van der Waals surface area contributed by atoms with Gasteiger partial charge in [0.2, 0.25) is 0 Å². The van der Waals surface area contributed by atoms with Gasteiger partial charge in [-0.15, -0.1) is 11.6 Å². The second-order valence-corrected chi connectivity index (χ2v) is 8.47. The van der Waals surface area contributed by atoms with Crippen molar-refractivity contribution in [2.24, 2.45) is 5.73 Å². The summed E-state index contributed by atoms with van der Waals surface area (Å²) in [6.45, 7) is 3.92. The fraction of sp³-hybridized carbons (Fsp3) is 0.500. The predicted octanol–water partition coefficient (Wildman–Crippen LogP) is 2.75. The van der Waals surface area contributed by atoms with Gasteiger partial charge in [0.25, 0.3) is 5.91 Å². The van der Waals surface area contributed by atoms with Gasteiger partial charge in [0, 0.05) is 30.4 Å². The molecule has 2 heterocycles. The first-order valence-corrected chi connectivity index (χ1v) is 10.6. The number of amides is 1. The maximum atomic E-state index is 12.0. The number of alkyl halides is 1. The standard InChI is InChI=1S/C18H24ClN3O3S/c1-2-26(24)22-6-3-12(4-7-22)16-11-21-17-14(16)9-13(25-8-5-19)10-15(17)18(20)23/h9-12,21H,2-8H2,1H3,(H2,20,23). The summed E-state index contributed by atoms with van der Waals surface area (Å²) in [5.74, 6) is 1.47. The van der Waals surface area contributed by atoms with Gasteiger partial charge in [-0.05, 0) is 36.5 Å². The normalized spacial score (nSPS) is 17.5. The third kappa shape index (κ3) is 3.89. The summed E-state index contributed by atoms with van der Waals surface area (Å²) in [5.41, 5.74) is 7.86. The lowest BCUT2D eigenvalue weighted by Crippen LogP contribution is -2.35. The van der Waals surface area contributed by atoms with E-state index in [1.165, 1.54) is 0 Å². The number of H-pyrrole nitrogens is 1. The van der Waals surface area contributed by atoms with Crippen molar-refractivity contribution in [3.63, 3.8) is 0 Å². The number of primary amides is 1. The Morgan fingerprint density at radius 3 is 2.77 bits per heavy atom. The summed E-state index contributed by atoms with van der Waals surface area (Å²) in [4.78, 5) is 15.1. The topological polar surface area (TPSA) is 88.4 Å². The van der Waals surface area contributed by atoms with Crippen molar-refractivity contribution in [2.75, 3.05) is 31.3 Å². The Bertz CT molecular complexity index is 815. The Morgan fingerprint density at radius 1 is 1.42 bits per heavy atom. The summed E-state index contributed by atoms with van der Waals surface area (Å²) in [5, 5.41) is 0.959. The highest BCUT2D eigenvalue weighted by atomic mass is 35.5. The molecule has 2 aromatic rings. The monoisotopic (exact) mass is 397 g/mol. The van der Waals surface area contributed by atoms with Gasteiger partial charge in [-0.2, -0.15) is 0 Å². The number of carbonyl (C=O) groups is 1. The number of aromatic amines is 1. The minimum absolute atomic E-state index is 0.345. The van der Waals surface area contributed by atoms with Gasteiger partial charge in [-0.25, -0.2) is 8.51 Å². The number of ether oxygens (including phenoxy) is 1. The van der Waals surface area contributed by atoms with Crippen LogP contribution in [0.2, 0.25) is 0 Å². The number of carbonyl (C=O) groups excluding carboxylic acids is 1. The molecule has 1 aromatic carbocycles. The van der Waals surface area contributed by atoms with Crippen LogP contribution in [0.25, 0.3) is 10.9 Å². The van der Waals surface area contributed by atoms with E-state index in [-0.39, 0.29) is 0 Å². The zero-order valence-corrected chi connectivity index (χ0v) is 16.4. The number of nitrogens with one attached hydrogen (secondary N) is 1. The Labute approximate surface area is 160 Å². The number of fused-ring (bicyclic) bond motifs is 1. The van der Waals surface area contributed by atoms with Gasteiger partial charge in [0.1, 0.15) is 12.4 Å². The van der Waals surface area contributed by atoms with Crippen molar-refractivity contribution in [1.29, 1.82) is 0 Å². The minimum Gasteiger partial charge on any atom is -0.492 e. The summed E-state index contributed by atoms with van der Waals surface area (Å²) in [6.07, 6.45) is 3.81. The highest BCUT2D eigenvalue weighted by Crippen LogP contribution is 2.36. The average Bonchev–Trinajstić information content (AvgIpc) is 3.08. The Balaban J connectivity index is 1.91. The Hall–Kier alpha value is -1.57. The average molecular weight is 398 g/mol. The fourth-order valence-corrected chi connectivity index (χ4v) is 4.61. The van der Waals surface area contributed by atoms with E-state index in [0.717, 1.165) is 42.4 Å². The van der Waals surface area contributed by atoms with Crippen molar-refractivity contribution in [1.82, 2.24) is 9.29 Å². The molecule has 3 rings (SSSR count). The van der Waals surface area contributed by atoms with Gasteiger partial charge in [-0.1, -0.05) is 6.92 Å². The second-order valence-electron chi connectivity index (χ2n) is 6.35. The molecule has 0 radical (unpaired) electrons. The molecule has 3 N–H and O–H groups in total. The van der Waals surface area contributed by atoms with Crippen LogP contribution in [-0.4, -0.2) is 50.7 Å². The van der Waals surface area contributed by atoms with E-state index < -0.39 is 16.9 Å². The smallest absolute Gasteiger partial charge is 0.250 e. The summed E-state index contributed by atoms with van der Waals surface area (Å²) in [6, 6.07) is 3.60. The molecule has 6 nitrogen and oxygen atoms in total. The molecule has 1 aliphatic heterocycles. The minimum atomic E-state index is -0.888. The Kier molecular flexibility index (Phi) is 6.21. The van der Waals surface area contributed by atoms with E-state index in [1.54, 1.807) is 6.07 Å². The molecule has 1 atom stereocenters. The largest absolute Gasteiger partial charge is 0.492 e. The molecule has 1 saturated heterocycles. The molecular formula is C18H24ClN3O3S. The number of halogens is 1. The number of piperidine rings is 1. The summed E-state index contributed by atoms with van der Waals surface area (Å²) < 4.78 is 19.7. The molecule has 1 aromatic heterocycles. The van der Waals surface area contributed by atoms with Gasteiger partial charge in [-0.3, -0.25) is 4.79 Å². The number of aromatic nitrogens is 1. The predicted molar refractivity (Wildman–Crippen MR) is 105 cm³/mol. The first-order valence-electron chi connectivity index (χ1n) is 8.82. The highest BCUT2D eigenvalue weighted by Gasteiger charge is 2.26. The SMILES string of the molecule is CCS(=O)N1CCC(c2c[nH]c3c(C(N)=O)cc(OCCCl)cc23)CC1. The third-order valence-corrected chi connectivity index (χ3v) is 6.42. The fourth-order valence-electron chi connectivity index (χ4n) is 3.55. The van der Waals surface area contributed by atoms with Crippen LogP contribution in [0, 0.1) is 0 Å². The molecule has 26 heavy (non-hydrogen) atoms. The van der Waals surface area contributed by atoms with Gasteiger partial charge >= 0.3 is 0 Å². The number of nitrogens with two attached hydrogens (primary N) is 1. The Morgan fingerprint density at radius 2 is 2.15 bits per heavy atom. The van der Waals surface area contributed by atoms with Crippen molar-refractivity contribution >= 4 is 39.4 Å². The highest BCUT2D eigenvalue weighted by molar-refractivity contribution is 7.82. The van der Waals surface area contributed by atoms with Crippen LogP contribution < -0.4 is 10.5 Å². The molecule has 1 amide bonds. The maximum Gasteiger partial charge on any atom is 0.250 e. The lowest BCUT2D eigenvalue weighted by Gasteiger charge is -2.30. The molecule has 142 valence electrons. The lowest BCUT2D eigenvalue weighted by molar-refractivity contribution is 0.100. The van der Waals surface area contributed by atoms with Crippen LogP contribution in [0.5, 0.6) is 5.75 Å². The van der Waals surface area contributed by atoms with Gasteiger partial charge in [0.05, 0.1) is 27.9 Å². The van der Waals surface area contributed by atoms with Crippen LogP contribution in [0.3, 0.4) is 0 Å². The molecular weight excluding hydrogens is 374 g/mol. The van der Waals surface area contributed by atoms with E-state index in [2.05, 4.69) is 4.98 Å². The quantitative estimate of drug-likeness (QED) is 0.704. The number of benzene rings is 1. The third-order valence-electron chi connectivity index (χ3n) is 4.83. The van der Waals surface area contributed by atoms with E-state index in [9.17, 15) is 9.00 Å². The number of nitrogens with zero attached hydrogens (tertiary/aromatic N) is 1. The zero-order valence-electron chi connectivity index (χ0n) is 14.8. The number of hydrogen-bond donors (Lipinski definition) is 2. The molecule has 0 spiro atoms. The van der Waals surface area contributed by atoms with Crippen LogP contribution in [0.1, 0.15) is 41.6 Å². The molecule has 1 aliphatic rings. The number of rotatable bonds is 7. The van der Waals surface area contributed by atoms with Gasteiger partial charge < -0.3 is 15.5 Å². The van der Waals surface area contributed by atoms with E-state index in [0.29, 0.717) is 35.5 Å². The summed E-state index contributed by atoms with van der Waals surface area (Å²) in [7, 11) is -0.888. The molecule has 0 bridgehead atoms.